The van der Waals surface area contributed by atoms with Crippen LogP contribution in [0.15, 0.2) is 0 Å². The average Bonchev–Trinajstić information content (AvgIpc) is 0.780. The van der Waals surface area contributed by atoms with Crippen molar-refractivity contribution in [1.29, 1.82) is 0 Å². The fraction of sp³-hybridized carbons (Fsp3) is 0.986. The first-order chi connectivity index (χ1) is 55.7. The van der Waals surface area contributed by atoms with Gasteiger partial charge in [-0.05, 0) is 13.8 Å². The van der Waals surface area contributed by atoms with Gasteiger partial charge in [0.2, 0.25) is 0 Å². The first-order valence-corrected chi connectivity index (χ1v) is 38.9. The Bertz CT molecular complexity index is 2980. The third-order valence-electron chi connectivity index (χ3n) is 23.3. The molecule has 0 bridgehead atoms. The van der Waals surface area contributed by atoms with Crippen molar-refractivity contribution in [2.24, 2.45) is 29.4 Å². The van der Waals surface area contributed by atoms with E-state index < -0.39 is 391 Å². The van der Waals surface area contributed by atoms with Crippen molar-refractivity contribution in [2.45, 2.75) is 330 Å². The molecule has 9 aliphatic rings. The quantitative estimate of drug-likeness (QED) is 0.0259. The molecule has 9 saturated heterocycles. The van der Waals surface area contributed by atoms with E-state index in [1.54, 1.807) is 13.8 Å². The molecule has 49 nitrogen and oxygen atoms in total. The highest BCUT2D eigenvalue weighted by atomic mass is 16.8. The Balaban J connectivity index is 0.950. The first kappa shape index (κ1) is 99.4. The molecule has 0 radical (unpaired) electrons. The van der Waals surface area contributed by atoms with Crippen molar-refractivity contribution in [3.8, 4) is 0 Å². The Kier molecular flexibility index (Phi) is 36.5. The highest BCUT2D eigenvalue weighted by molar-refractivity contribution is 5.76. The Labute approximate surface area is 673 Å². The number of nitrogens with two attached hydrogens (primary N) is 1. The van der Waals surface area contributed by atoms with Gasteiger partial charge in [0, 0.05) is 30.1 Å². The average molecular weight is 1730 g/mol. The summed E-state index contributed by atoms with van der Waals surface area (Å²) in [4.78, 5) is 12.8. The Morgan fingerprint density at radius 3 is 1.19 bits per heavy atom. The summed E-state index contributed by atoms with van der Waals surface area (Å²) >= 11 is 0. The summed E-state index contributed by atoms with van der Waals surface area (Å²) in [6.07, 6.45) is -81.4. The van der Waals surface area contributed by atoms with E-state index in [0.29, 0.717) is 0 Å². The molecule has 50 atom stereocenters. The van der Waals surface area contributed by atoms with Gasteiger partial charge >= 0.3 is 5.97 Å². The van der Waals surface area contributed by atoms with E-state index in [9.17, 15) is 148 Å². The van der Waals surface area contributed by atoms with Crippen molar-refractivity contribution in [2.75, 3.05) is 72.7 Å². The second-order valence-corrected chi connectivity index (χ2v) is 31.4. The van der Waals surface area contributed by atoms with Crippen LogP contribution in [0.1, 0.15) is 48.0 Å². The summed E-state index contributed by atoms with van der Waals surface area (Å²) in [5.41, 5.74) is 5.96. The number of carbonyl (C=O) groups is 1. The third kappa shape index (κ3) is 21.7. The monoisotopic (exact) mass is 1730 g/mol. The number of hydrogen-bond acceptors (Lipinski definition) is 48. The molecule has 9 heterocycles. The smallest absolute Gasteiger partial charge is 0.364 e. The molecule has 9 rings (SSSR count). The lowest BCUT2D eigenvalue weighted by Gasteiger charge is -2.49. The van der Waals surface area contributed by atoms with E-state index in [0.717, 1.165) is 6.92 Å². The molecule has 30 N–H and O–H groups in total. The zero-order chi connectivity index (χ0) is 87.3. The summed E-state index contributed by atoms with van der Waals surface area (Å²) in [6.45, 7) is -2.48. The predicted octanol–water partition coefficient (Wildman–Crippen LogP) is -16.8. The van der Waals surface area contributed by atoms with Gasteiger partial charge < -0.3 is 239 Å². The van der Waals surface area contributed by atoms with Gasteiger partial charge in [0.15, 0.2) is 50.3 Å². The third-order valence-corrected chi connectivity index (χ3v) is 23.3. The number of carboxylic acid groups (broad SMARTS) is 1. The number of hydrogen-bond donors (Lipinski definition) is 29. The van der Waals surface area contributed by atoms with E-state index in [4.69, 9.17) is 95.7 Å². The minimum atomic E-state index is -2.93. The molecule has 49 heteroatoms. The Morgan fingerprint density at radius 1 is 0.407 bits per heavy atom. The van der Waals surface area contributed by atoms with Gasteiger partial charge in [-0.25, -0.2) is 4.79 Å². The Hall–Kier alpha value is -2.41. The standard InChI is InChI=1S/C69H121NO48/c1-19-24(6)103-31(12-75)53(38(19)83)112-60-20(2)39(84)54(32(13-76)107-60)113-63(23(5)79)110-35(17-101-67-59(50(95)45(90)30(11-74)106-67)117-62-21(3)40(85)55(33(14-77)108-62)114-64-51(96)47(92)43(88)28(9-72)104-64)27(82)16-100-66-58(49(94)44(89)29(10-73)105-66)116-61-22(4)41(86)56(34(15-78)109-61)115-65-52(97)48(93)46(91)36(111-65)18-102-69(68(98)99)7-25(80)37(70)57(118-69)42(87)26(81)8-71/h19-67,71-97H,7-18,70H2,1-6H3,(H,98,99)/t19-,20+,21?,22+,23-,24+,25-,26?,27+,28?,29-,30?,31?,32?,33+,34?,35?,36?,37-,38?,39?,40?,41?,42-,43+,44-,45-,46+,47?,48?,49?,50?,51+,52+,53-,54-,55-,56-,57?,58?,59-,60+,61+,62+,63+,64+,65+,66+,67+,69-/m1/s1. The topological polar surface area (TPSA) is 785 Å². The predicted molar refractivity (Wildman–Crippen MR) is 372 cm³/mol. The molecule has 0 aromatic heterocycles. The van der Waals surface area contributed by atoms with Crippen LogP contribution in [0.2, 0.25) is 0 Å². The van der Waals surface area contributed by atoms with Gasteiger partial charge in [0.1, 0.15) is 183 Å². The maximum absolute atomic E-state index is 12.8. The van der Waals surface area contributed by atoms with Crippen molar-refractivity contribution in [3.63, 3.8) is 0 Å². The van der Waals surface area contributed by atoms with Crippen molar-refractivity contribution in [3.05, 3.63) is 0 Å². The van der Waals surface area contributed by atoms with Crippen LogP contribution >= 0.6 is 0 Å². The molecule has 0 saturated carbocycles. The SMILES string of the molecule is CC1C(O)[C@H](O[C@@H]2OC(CO)[C@H](O)C(O)[C@@H]2O)[C@H](CO)O[C@H]1O[C@@H]1C(O)[C@H](O)C(CO)O[C@@H]1OCC(O[C@@H](O[C@@H]1C(CO)O[C@@H](O[C@@H]2C(CO)O[C@@H](C)[C@@H](C)C2O)[C@@H](C)C1O)[C@@H](C)O)[C@@H](O)CO[C@H]1O[C@H](CO)[C@@H](O)C(O)C1O[C@@H]1OC(CO)[C@@H](O[C@@H]2OC(CO[C@]3(C(=O)O)C[C@@H](O)[C@@H](N)C([C@H](O)C(O)CO)O3)[C@H](O)C(O)[C@@H]2O)C(O)[C@@H]1C. The molecule has 0 amide bonds. The number of aliphatic hydroxyl groups excluding tert-OH is 27. The van der Waals surface area contributed by atoms with Crippen LogP contribution in [0.4, 0.5) is 0 Å². The van der Waals surface area contributed by atoms with E-state index in [1.165, 1.54) is 20.8 Å². The zero-order valence-corrected chi connectivity index (χ0v) is 65.0. The second kappa shape index (κ2) is 43.4. The minimum absolute atomic E-state index is 0.532. The lowest BCUT2D eigenvalue weighted by atomic mass is 9.88. The number of aliphatic hydroxyl groups is 27. The van der Waals surface area contributed by atoms with Gasteiger partial charge in [-0.3, -0.25) is 0 Å². The van der Waals surface area contributed by atoms with Crippen LogP contribution in [0.3, 0.4) is 0 Å². The van der Waals surface area contributed by atoms with Crippen molar-refractivity contribution in [1.82, 2.24) is 0 Å². The largest absolute Gasteiger partial charge is 0.477 e. The maximum Gasteiger partial charge on any atom is 0.364 e. The second-order valence-electron chi connectivity index (χ2n) is 31.4. The van der Waals surface area contributed by atoms with Gasteiger partial charge in [-0.2, -0.15) is 0 Å². The summed E-state index contributed by atoms with van der Waals surface area (Å²) in [7, 11) is 0. The highest BCUT2D eigenvalue weighted by Crippen LogP contribution is 2.42. The molecule has 690 valence electrons. The molecular weight excluding hydrogens is 1610 g/mol. The molecular formula is C69H121NO48. The molecule has 118 heavy (non-hydrogen) atoms. The summed E-state index contributed by atoms with van der Waals surface area (Å²) in [5, 5.41) is 307. The van der Waals surface area contributed by atoms with E-state index in [-0.39, 0.29) is 0 Å². The van der Waals surface area contributed by atoms with Gasteiger partial charge in [0.25, 0.3) is 5.79 Å². The first-order valence-electron chi connectivity index (χ1n) is 38.9. The number of carboxylic acids is 1. The lowest BCUT2D eigenvalue weighted by molar-refractivity contribution is -0.383. The van der Waals surface area contributed by atoms with E-state index in [1.807, 2.05) is 0 Å². The zero-order valence-electron chi connectivity index (χ0n) is 65.0. The molecule has 0 spiro atoms. The highest BCUT2D eigenvalue weighted by Gasteiger charge is 2.60. The fourth-order valence-corrected chi connectivity index (χ4v) is 15.4. The summed E-state index contributed by atoms with van der Waals surface area (Å²) in [5.74, 6) is -9.29. The molecule has 9 fully saturated rings. The van der Waals surface area contributed by atoms with Crippen LogP contribution < -0.4 is 5.73 Å². The van der Waals surface area contributed by atoms with Crippen LogP contribution in [-0.4, -0.2) is 504 Å². The Morgan fingerprint density at radius 2 is 0.763 bits per heavy atom. The molecule has 0 aliphatic carbocycles. The van der Waals surface area contributed by atoms with Crippen LogP contribution in [0, 0.1) is 23.7 Å². The number of ether oxygens (including phenoxy) is 19. The number of aliphatic carboxylic acids is 1. The molecule has 9 aliphatic heterocycles. The maximum atomic E-state index is 12.8. The van der Waals surface area contributed by atoms with E-state index in [2.05, 4.69) is 0 Å². The van der Waals surface area contributed by atoms with Crippen LogP contribution in [-0.2, 0) is 94.8 Å². The molecule has 0 aromatic rings. The van der Waals surface area contributed by atoms with Crippen LogP contribution in [0.25, 0.3) is 0 Å². The van der Waals surface area contributed by atoms with Crippen molar-refractivity contribution >= 4 is 5.97 Å². The van der Waals surface area contributed by atoms with Crippen LogP contribution in [0.5, 0.6) is 0 Å². The minimum Gasteiger partial charge on any atom is -0.477 e. The van der Waals surface area contributed by atoms with Crippen molar-refractivity contribution < 1.29 is 238 Å². The fourth-order valence-electron chi connectivity index (χ4n) is 15.4. The van der Waals surface area contributed by atoms with Gasteiger partial charge in [0.05, 0.1) is 115 Å². The van der Waals surface area contributed by atoms with Gasteiger partial charge in [-0.15, -0.1) is 0 Å². The molecule has 0 aromatic carbocycles. The van der Waals surface area contributed by atoms with Gasteiger partial charge in [-0.1, -0.05) is 27.7 Å². The summed E-state index contributed by atoms with van der Waals surface area (Å²) < 4.78 is 113. The number of rotatable bonds is 36. The lowest BCUT2D eigenvalue weighted by Crippen LogP contribution is -2.67. The molecule has 19 unspecified atom stereocenters. The normalized spacial score (nSPS) is 48.9. The summed E-state index contributed by atoms with van der Waals surface area (Å²) in [6, 6.07) is -1.56. The van der Waals surface area contributed by atoms with E-state index >= 15 is 0 Å².